The first-order chi connectivity index (χ1) is 8.93. The lowest BCUT2D eigenvalue weighted by Gasteiger charge is -2.19. The van der Waals surface area contributed by atoms with Crippen LogP contribution in [0.15, 0.2) is 17.0 Å². The molecule has 0 radical (unpaired) electrons. The summed E-state index contributed by atoms with van der Waals surface area (Å²) in [7, 11) is -3.59. The van der Waals surface area contributed by atoms with Crippen LogP contribution in [0.3, 0.4) is 0 Å². The third-order valence-electron chi connectivity index (χ3n) is 3.46. The molecule has 1 aromatic rings. The van der Waals surface area contributed by atoms with Gasteiger partial charge in [0.15, 0.2) is 21.5 Å². The zero-order valence-corrected chi connectivity index (χ0v) is 11.7. The molecule has 0 saturated carbocycles. The van der Waals surface area contributed by atoms with Crippen LogP contribution >= 0.6 is 0 Å². The van der Waals surface area contributed by atoms with Crippen LogP contribution in [0.4, 0.5) is 8.78 Å². The Kier molecular flexibility index (Phi) is 3.92. The lowest BCUT2D eigenvalue weighted by Crippen LogP contribution is -2.31. The van der Waals surface area contributed by atoms with Gasteiger partial charge < -0.3 is 5.32 Å². The summed E-state index contributed by atoms with van der Waals surface area (Å²) in [6.45, 7) is 4.31. The summed E-state index contributed by atoms with van der Waals surface area (Å²) in [4.78, 5) is -0.0733. The van der Waals surface area contributed by atoms with Crippen molar-refractivity contribution in [3.8, 4) is 0 Å². The number of fused-ring (bicyclic) bond motifs is 1. The van der Waals surface area contributed by atoms with Crippen LogP contribution in [-0.2, 0) is 9.84 Å². The summed E-state index contributed by atoms with van der Waals surface area (Å²) in [5, 5.41) is 2.42. The van der Waals surface area contributed by atoms with E-state index >= 15 is 0 Å². The third-order valence-corrected chi connectivity index (χ3v) is 5.73. The van der Waals surface area contributed by atoms with Gasteiger partial charge in [-0.3, -0.25) is 0 Å². The highest BCUT2D eigenvalue weighted by Crippen LogP contribution is 2.41. The second kappa shape index (κ2) is 5.17. The van der Waals surface area contributed by atoms with Crippen molar-refractivity contribution in [2.45, 2.75) is 42.9 Å². The molecule has 106 valence electrons. The zero-order chi connectivity index (χ0) is 14.2. The number of hydrogen-bond donors (Lipinski definition) is 1. The van der Waals surface area contributed by atoms with Crippen LogP contribution < -0.4 is 5.32 Å². The van der Waals surface area contributed by atoms with Crippen molar-refractivity contribution < 1.29 is 17.2 Å². The van der Waals surface area contributed by atoms with E-state index in [0.717, 1.165) is 12.1 Å². The van der Waals surface area contributed by atoms with E-state index in [2.05, 4.69) is 5.32 Å². The Hall–Kier alpha value is -1.01. The van der Waals surface area contributed by atoms with Gasteiger partial charge in [-0.15, -0.1) is 0 Å². The maximum Gasteiger partial charge on any atom is 0.183 e. The van der Waals surface area contributed by atoms with Crippen LogP contribution in [0.1, 0.15) is 38.3 Å². The van der Waals surface area contributed by atoms with E-state index in [4.69, 9.17) is 0 Å². The van der Waals surface area contributed by atoms with Crippen LogP contribution in [0, 0.1) is 11.6 Å². The normalized spacial score (nSPS) is 24.4. The largest absolute Gasteiger partial charge is 0.309 e. The molecule has 3 nitrogen and oxygen atoms in total. The number of hydrogen-bond acceptors (Lipinski definition) is 3. The minimum atomic E-state index is -3.59. The Morgan fingerprint density at radius 1 is 1.21 bits per heavy atom. The highest BCUT2D eigenvalue weighted by molar-refractivity contribution is 7.92. The first-order valence-corrected chi connectivity index (χ1v) is 7.94. The molecule has 0 amide bonds. The van der Waals surface area contributed by atoms with Crippen molar-refractivity contribution in [2.24, 2.45) is 0 Å². The van der Waals surface area contributed by atoms with Gasteiger partial charge in [-0.2, -0.15) is 0 Å². The fourth-order valence-electron chi connectivity index (χ4n) is 2.64. The second-order valence-electron chi connectivity index (χ2n) is 4.71. The minimum Gasteiger partial charge on any atom is -0.309 e. The molecule has 0 saturated heterocycles. The van der Waals surface area contributed by atoms with E-state index in [1.54, 1.807) is 0 Å². The Labute approximate surface area is 111 Å². The molecule has 1 N–H and O–H groups in total. The molecular weight excluding hydrogens is 272 g/mol. The topological polar surface area (TPSA) is 46.2 Å². The van der Waals surface area contributed by atoms with Crippen molar-refractivity contribution in [3.05, 3.63) is 29.3 Å². The monoisotopic (exact) mass is 289 g/mol. The van der Waals surface area contributed by atoms with E-state index in [1.165, 1.54) is 0 Å². The Bertz CT molecular complexity index is 587. The van der Waals surface area contributed by atoms with Crippen molar-refractivity contribution >= 4 is 9.84 Å². The lowest BCUT2D eigenvalue weighted by atomic mass is 10.0. The van der Waals surface area contributed by atoms with Crippen molar-refractivity contribution in [3.63, 3.8) is 0 Å². The van der Waals surface area contributed by atoms with Gasteiger partial charge in [0, 0.05) is 0 Å². The number of halogens is 2. The van der Waals surface area contributed by atoms with Crippen LogP contribution in [0.25, 0.3) is 0 Å². The molecule has 0 spiro atoms. The molecule has 0 fully saturated rings. The van der Waals surface area contributed by atoms with E-state index in [0.29, 0.717) is 24.9 Å². The van der Waals surface area contributed by atoms with Crippen LogP contribution in [-0.4, -0.2) is 20.2 Å². The molecule has 0 aliphatic carbocycles. The smallest absolute Gasteiger partial charge is 0.183 e. The molecule has 2 unspecified atom stereocenters. The van der Waals surface area contributed by atoms with Gasteiger partial charge in [-0.1, -0.05) is 20.3 Å². The standard InChI is InChI=1S/C13H17F2NO2S/c1-3-5-11-13(16-4-2)8-6-9(14)10(15)7-12(8)19(11,17)18/h6-7,11,13,16H,3-5H2,1-2H3. The molecule has 0 aromatic heterocycles. The molecule has 1 heterocycles. The molecule has 1 aromatic carbocycles. The van der Waals surface area contributed by atoms with Crippen LogP contribution in [0.2, 0.25) is 0 Å². The SMILES string of the molecule is CCCC1C(NCC)c2cc(F)c(F)cc2S1(=O)=O. The van der Waals surface area contributed by atoms with Crippen molar-refractivity contribution in [1.82, 2.24) is 5.32 Å². The van der Waals surface area contributed by atoms with Crippen molar-refractivity contribution in [1.29, 1.82) is 0 Å². The minimum absolute atomic E-state index is 0.0733. The van der Waals surface area contributed by atoms with E-state index in [-0.39, 0.29) is 4.90 Å². The number of sulfone groups is 1. The average molecular weight is 289 g/mol. The third kappa shape index (κ3) is 2.27. The highest BCUT2D eigenvalue weighted by atomic mass is 32.2. The predicted molar refractivity (Wildman–Crippen MR) is 68.7 cm³/mol. The van der Waals surface area contributed by atoms with Crippen molar-refractivity contribution in [2.75, 3.05) is 6.54 Å². The van der Waals surface area contributed by atoms with Gasteiger partial charge in [0.05, 0.1) is 16.2 Å². The molecular formula is C13H17F2NO2S. The number of benzene rings is 1. The molecule has 1 aliphatic rings. The van der Waals surface area contributed by atoms with Crippen LogP contribution in [0.5, 0.6) is 0 Å². The number of nitrogens with one attached hydrogen (secondary N) is 1. The van der Waals surface area contributed by atoms with Gasteiger partial charge in [0.25, 0.3) is 0 Å². The lowest BCUT2D eigenvalue weighted by molar-refractivity contribution is 0.480. The first-order valence-electron chi connectivity index (χ1n) is 6.39. The summed E-state index contributed by atoms with van der Waals surface area (Å²) < 4.78 is 51.4. The molecule has 2 atom stereocenters. The summed E-state index contributed by atoms with van der Waals surface area (Å²) in [6.07, 6.45) is 1.17. The van der Waals surface area contributed by atoms with E-state index in [1.807, 2.05) is 13.8 Å². The van der Waals surface area contributed by atoms with Gasteiger partial charge in [0.2, 0.25) is 0 Å². The molecule has 19 heavy (non-hydrogen) atoms. The van der Waals surface area contributed by atoms with Gasteiger partial charge >= 0.3 is 0 Å². The summed E-state index contributed by atoms with van der Waals surface area (Å²) in [5.41, 5.74) is 0.346. The van der Waals surface area contributed by atoms with Gasteiger partial charge in [-0.05, 0) is 30.7 Å². The fourth-order valence-corrected chi connectivity index (χ4v) is 4.90. The maximum absolute atomic E-state index is 13.4. The first kappa shape index (κ1) is 14.4. The summed E-state index contributed by atoms with van der Waals surface area (Å²) >= 11 is 0. The second-order valence-corrected chi connectivity index (χ2v) is 6.85. The highest BCUT2D eigenvalue weighted by Gasteiger charge is 2.44. The van der Waals surface area contributed by atoms with E-state index in [9.17, 15) is 17.2 Å². The summed E-state index contributed by atoms with van der Waals surface area (Å²) in [5.74, 6) is -2.12. The predicted octanol–water partition coefficient (Wildman–Crippen LogP) is 2.57. The quantitative estimate of drug-likeness (QED) is 0.867. The molecule has 6 heteroatoms. The fraction of sp³-hybridized carbons (Fsp3) is 0.538. The zero-order valence-electron chi connectivity index (χ0n) is 10.9. The molecule has 0 bridgehead atoms. The number of rotatable bonds is 4. The molecule has 2 rings (SSSR count). The van der Waals surface area contributed by atoms with Gasteiger partial charge in [0.1, 0.15) is 0 Å². The average Bonchev–Trinajstić information content (AvgIpc) is 2.53. The Balaban J connectivity index is 2.60. The van der Waals surface area contributed by atoms with E-state index < -0.39 is 32.8 Å². The Morgan fingerprint density at radius 3 is 2.42 bits per heavy atom. The van der Waals surface area contributed by atoms with Gasteiger partial charge in [-0.25, -0.2) is 17.2 Å². The Morgan fingerprint density at radius 2 is 1.84 bits per heavy atom. The summed E-state index contributed by atoms with van der Waals surface area (Å²) in [6, 6.07) is 1.35. The molecule has 1 aliphatic heterocycles. The maximum atomic E-state index is 13.4.